The van der Waals surface area contributed by atoms with Crippen LogP contribution >= 0.6 is 11.3 Å². The van der Waals surface area contributed by atoms with Crippen LogP contribution in [0.3, 0.4) is 0 Å². The molecule has 188 valence electrons. The van der Waals surface area contributed by atoms with Crippen LogP contribution in [0.4, 0.5) is 29.1 Å². The Kier molecular flexibility index (Phi) is 6.29. The Hall–Kier alpha value is -3.67. The SMILES string of the molecule is Cc1cn2c(C(=O)NCc3ccc(N4CCN(c5ccc(C(F)(F)F)cn5)CC4)c(F)c3)cnc2s1. The highest BCUT2D eigenvalue weighted by Crippen LogP contribution is 2.30. The first-order valence-electron chi connectivity index (χ1n) is 11.2. The van der Waals surface area contributed by atoms with E-state index in [0.717, 1.165) is 22.1 Å². The van der Waals surface area contributed by atoms with Gasteiger partial charge in [0.1, 0.15) is 17.3 Å². The van der Waals surface area contributed by atoms with E-state index in [-0.39, 0.29) is 12.5 Å². The first kappa shape index (κ1) is 24.0. The van der Waals surface area contributed by atoms with E-state index >= 15 is 0 Å². The second kappa shape index (κ2) is 9.41. The molecular weight excluding hydrogens is 496 g/mol. The van der Waals surface area contributed by atoms with Crippen molar-refractivity contribution >= 4 is 33.7 Å². The van der Waals surface area contributed by atoms with Crippen molar-refractivity contribution in [3.8, 4) is 0 Å². The number of anilines is 2. The fraction of sp³-hybridized carbons (Fsp3) is 0.292. The lowest BCUT2D eigenvalue weighted by molar-refractivity contribution is -0.137. The molecule has 0 unspecified atom stereocenters. The van der Waals surface area contributed by atoms with Gasteiger partial charge in [-0.3, -0.25) is 9.20 Å². The number of hydrogen-bond donors (Lipinski definition) is 1. The first-order valence-corrected chi connectivity index (χ1v) is 12.0. The summed E-state index contributed by atoms with van der Waals surface area (Å²) in [6.07, 6.45) is -0.226. The number of pyridine rings is 1. The Morgan fingerprint density at radius 2 is 1.81 bits per heavy atom. The van der Waals surface area contributed by atoms with Crippen molar-refractivity contribution in [3.05, 3.63) is 76.4 Å². The van der Waals surface area contributed by atoms with Crippen molar-refractivity contribution in [1.82, 2.24) is 19.7 Å². The summed E-state index contributed by atoms with van der Waals surface area (Å²) < 4.78 is 54.9. The Morgan fingerprint density at radius 3 is 2.47 bits per heavy atom. The number of carbonyl (C=O) groups excluding carboxylic acids is 1. The number of benzene rings is 1. The van der Waals surface area contributed by atoms with Gasteiger partial charge in [0.15, 0.2) is 4.96 Å². The second-order valence-electron chi connectivity index (χ2n) is 8.48. The van der Waals surface area contributed by atoms with Crippen molar-refractivity contribution in [2.45, 2.75) is 19.6 Å². The quantitative estimate of drug-likeness (QED) is 0.394. The lowest BCUT2D eigenvalue weighted by Crippen LogP contribution is -2.47. The number of alkyl halides is 3. The zero-order valence-electron chi connectivity index (χ0n) is 19.2. The van der Waals surface area contributed by atoms with Gasteiger partial charge in [0.2, 0.25) is 0 Å². The number of carbonyl (C=O) groups is 1. The van der Waals surface area contributed by atoms with Crippen LogP contribution in [0.25, 0.3) is 4.96 Å². The molecule has 3 aromatic heterocycles. The smallest absolute Gasteiger partial charge is 0.366 e. The average molecular weight is 519 g/mol. The third-order valence-electron chi connectivity index (χ3n) is 6.04. The molecule has 0 atom stereocenters. The highest BCUT2D eigenvalue weighted by atomic mass is 32.1. The molecule has 1 amide bonds. The van der Waals surface area contributed by atoms with E-state index < -0.39 is 17.6 Å². The predicted octanol–water partition coefficient (Wildman–Crippen LogP) is 4.51. The van der Waals surface area contributed by atoms with Gasteiger partial charge in [0.25, 0.3) is 5.91 Å². The number of piperazine rings is 1. The van der Waals surface area contributed by atoms with Gasteiger partial charge >= 0.3 is 6.18 Å². The summed E-state index contributed by atoms with van der Waals surface area (Å²) in [6, 6.07) is 7.23. The van der Waals surface area contributed by atoms with Gasteiger partial charge in [-0.25, -0.2) is 14.4 Å². The van der Waals surface area contributed by atoms with E-state index in [1.165, 1.54) is 29.7 Å². The lowest BCUT2D eigenvalue weighted by Gasteiger charge is -2.37. The Labute approximate surface area is 208 Å². The summed E-state index contributed by atoms with van der Waals surface area (Å²) >= 11 is 1.49. The summed E-state index contributed by atoms with van der Waals surface area (Å²) in [7, 11) is 0. The molecular formula is C24H22F4N6OS. The van der Waals surface area contributed by atoms with Gasteiger partial charge in [-0.15, -0.1) is 11.3 Å². The van der Waals surface area contributed by atoms with Crippen LogP contribution in [0.1, 0.15) is 26.5 Å². The number of aryl methyl sites for hydroxylation is 1. The maximum absolute atomic E-state index is 14.9. The zero-order chi connectivity index (χ0) is 25.4. The minimum Gasteiger partial charge on any atom is -0.366 e. The first-order chi connectivity index (χ1) is 17.2. The lowest BCUT2D eigenvalue weighted by atomic mass is 10.1. The van der Waals surface area contributed by atoms with Gasteiger partial charge in [-0.05, 0) is 36.8 Å². The van der Waals surface area contributed by atoms with E-state index in [1.807, 2.05) is 22.9 Å². The number of nitrogens with one attached hydrogen (secondary N) is 1. The number of hydrogen-bond acceptors (Lipinski definition) is 6. The summed E-state index contributed by atoms with van der Waals surface area (Å²) in [6.45, 7) is 4.09. The number of rotatable bonds is 5. The van der Waals surface area contributed by atoms with E-state index in [0.29, 0.717) is 48.9 Å². The highest BCUT2D eigenvalue weighted by Gasteiger charge is 2.31. The third-order valence-corrected chi connectivity index (χ3v) is 6.96. The third kappa shape index (κ3) is 4.85. The Balaban J connectivity index is 1.18. The normalized spacial score (nSPS) is 14.5. The van der Waals surface area contributed by atoms with Crippen LogP contribution in [0.15, 0.2) is 48.9 Å². The molecule has 1 aliphatic heterocycles. The molecule has 7 nitrogen and oxygen atoms in total. The number of imidazole rings is 1. The Morgan fingerprint density at radius 1 is 1.06 bits per heavy atom. The molecule has 0 bridgehead atoms. The van der Waals surface area contributed by atoms with Crippen molar-refractivity contribution < 1.29 is 22.4 Å². The number of halogens is 4. The zero-order valence-corrected chi connectivity index (χ0v) is 20.0. The van der Waals surface area contributed by atoms with Crippen molar-refractivity contribution in [2.24, 2.45) is 0 Å². The predicted molar refractivity (Wildman–Crippen MR) is 129 cm³/mol. The molecule has 12 heteroatoms. The molecule has 0 spiro atoms. The molecule has 1 saturated heterocycles. The fourth-order valence-corrected chi connectivity index (χ4v) is 4.97. The minimum absolute atomic E-state index is 0.166. The molecule has 1 N–H and O–H groups in total. The number of thiazole rings is 1. The van der Waals surface area contributed by atoms with Crippen LogP contribution in [0, 0.1) is 12.7 Å². The summed E-state index contributed by atoms with van der Waals surface area (Å²) in [4.78, 5) is 26.3. The van der Waals surface area contributed by atoms with Crippen LogP contribution < -0.4 is 15.1 Å². The second-order valence-corrected chi connectivity index (χ2v) is 9.70. The van der Waals surface area contributed by atoms with Gasteiger partial charge in [-0.2, -0.15) is 13.2 Å². The molecule has 4 aromatic rings. The Bertz CT molecular complexity index is 1390. The van der Waals surface area contributed by atoms with E-state index in [2.05, 4.69) is 15.3 Å². The topological polar surface area (TPSA) is 65.8 Å². The largest absolute Gasteiger partial charge is 0.417 e. The highest BCUT2D eigenvalue weighted by molar-refractivity contribution is 7.17. The van der Waals surface area contributed by atoms with E-state index in [1.54, 1.807) is 16.5 Å². The average Bonchev–Trinajstić information content (AvgIpc) is 3.41. The van der Waals surface area contributed by atoms with Crippen molar-refractivity contribution in [1.29, 1.82) is 0 Å². The molecule has 4 heterocycles. The maximum Gasteiger partial charge on any atom is 0.417 e. The summed E-state index contributed by atoms with van der Waals surface area (Å²) in [5.74, 6) is -0.233. The summed E-state index contributed by atoms with van der Waals surface area (Å²) in [5.41, 5.74) is 0.700. The molecule has 0 saturated carbocycles. The molecule has 1 aliphatic rings. The fourth-order valence-electron chi connectivity index (χ4n) is 4.17. The van der Waals surface area contributed by atoms with Crippen molar-refractivity contribution in [2.75, 3.05) is 36.0 Å². The molecule has 5 rings (SSSR count). The van der Waals surface area contributed by atoms with Crippen LogP contribution in [0.2, 0.25) is 0 Å². The number of nitrogens with zero attached hydrogens (tertiary/aromatic N) is 5. The number of fused-ring (bicyclic) bond motifs is 1. The van der Waals surface area contributed by atoms with Gasteiger partial charge in [0, 0.05) is 50.0 Å². The molecule has 0 radical (unpaired) electrons. The van der Waals surface area contributed by atoms with Crippen LogP contribution in [0.5, 0.6) is 0 Å². The van der Waals surface area contributed by atoms with Gasteiger partial charge in [-0.1, -0.05) is 6.07 Å². The molecule has 1 fully saturated rings. The summed E-state index contributed by atoms with van der Waals surface area (Å²) in [5, 5.41) is 2.81. The number of amides is 1. The van der Waals surface area contributed by atoms with Crippen LogP contribution in [-0.2, 0) is 12.7 Å². The number of aromatic nitrogens is 3. The molecule has 36 heavy (non-hydrogen) atoms. The van der Waals surface area contributed by atoms with Crippen LogP contribution in [-0.4, -0.2) is 46.5 Å². The molecule has 1 aromatic carbocycles. The van der Waals surface area contributed by atoms with E-state index in [4.69, 9.17) is 0 Å². The molecule has 0 aliphatic carbocycles. The van der Waals surface area contributed by atoms with E-state index in [9.17, 15) is 22.4 Å². The van der Waals surface area contributed by atoms with Crippen molar-refractivity contribution in [3.63, 3.8) is 0 Å². The standard InChI is InChI=1S/C24H22F4N6OS/c1-15-14-34-20(13-31-23(34)36-15)22(35)30-11-16-2-4-19(18(25)10-16)32-6-8-33(9-7-32)21-5-3-17(12-29-21)24(26,27)28/h2-5,10,12-14H,6-9,11H2,1H3,(H,30,35). The van der Waals surface area contributed by atoms with Gasteiger partial charge < -0.3 is 15.1 Å². The minimum atomic E-state index is -4.42. The van der Waals surface area contributed by atoms with Gasteiger partial charge in [0.05, 0.1) is 17.4 Å². The maximum atomic E-state index is 14.9. The monoisotopic (exact) mass is 518 g/mol.